The van der Waals surface area contributed by atoms with Crippen molar-refractivity contribution in [2.75, 3.05) is 12.0 Å². The molecule has 4 atom stereocenters. The van der Waals surface area contributed by atoms with Crippen molar-refractivity contribution in [1.82, 2.24) is 16.0 Å². The van der Waals surface area contributed by atoms with Gasteiger partial charge in [0.2, 0.25) is 17.7 Å². The highest BCUT2D eigenvalue weighted by Crippen LogP contribution is 2.06. The molecule has 0 fully saturated rings. The lowest BCUT2D eigenvalue weighted by Crippen LogP contribution is -2.57. The van der Waals surface area contributed by atoms with E-state index in [1.54, 1.807) is 30.3 Å². The van der Waals surface area contributed by atoms with Crippen molar-refractivity contribution in [2.24, 2.45) is 5.73 Å². The number of carbonyl (C=O) groups excluding carboxylic acids is 3. The summed E-state index contributed by atoms with van der Waals surface area (Å²) in [4.78, 5) is 59.9. The Morgan fingerprint density at radius 2 is 1.53 bits per heavy atom. The monoisotopic (exact) mass is 496 g/mol. The summed E-state index contributed by atoms with van der Waals surface area (Å²) >= 11 is 1.44. The van der Waals surface area contributed by atoms with Crippen LogP contribution < -0.4 is 21.7 Å². The van der Waals surface area contributed by atoms with Gasteiger partial charge in [0.1, 0.15) is 18.1 Å². The molecule has 0 heterocycles. The zero-order valence-electron chi connectivity index (χ0n) is 19.2. The highest BCUT2D eigenvalue weighted by atomic mass is 32.2. The summed E-state index contributed by atoms with van der Waals surface area (Å²) in [5.74, 6) is -3.78. The number of amides is 3. The summed E-state index contributed by atoms with van der Waals surface area (Å²) in [6, 6.07) is 4.46. The minimum Gasteiger partial charge on any atom is -0.481 e. The van der Waals surface area contributed by atoms with Gasteiger partial charge < -0.3 is 31.9 Å². The van der Waals surface area contributed by atoms with Crippen molar-refractivity contribution in [3.8, 4) is 0 Å². The van der Waals surface area contributed by atoms with Crippen LogP contribution in [-0.2, 0) is 30.4 Å². The van der Waals surface area contributed by atoms with E-state index in [1.807, 2.05) is 6.26 Å². The van der Waals surface area contributed by atoms with Gasteiger partial charge in [-0.3, -0.25) is 19.2 Å². The minimum absolute atomic E-state index is 0.101. The molecular formula is C22H32N4O7S. The predicted molar refractivity (Wildman–Crippen MR) is 127 cm³/mol. The van der Waals surface area contributed by atoms with Crippen molar-refractivity contribution in [3.63, 3.8) is 0 Å². The molecule has 0 aliphatic carbocycles. The average molecular weight is 497 g/mol. The molecule has 0 aliphatic heterocycles. The maximum atomic E-state index is 12.9. The predicted octanol–water partition coefficient (Wildman–Crippen LogP) is -0.267. The molecule has 0 spiro atoms. The van der Waals surface area contributed by atoms with E-state index in [4.69, 9.17) is 10.8 Å². The molecule has 188 valence electrons. The fourth-order valence-corrected chi connectivity index (χ4v) is 3.39. The summed E-state index contributed by atoms with van der Waals surface area (Å²) in [6.45, 7) is 1.40. The summed E-state index contributed by atoms with van der Waals surface area (Å²) in [5, 5.41) is 25.5. The SMILES string of the molecule is CSCCC(NC(=O)C(C)NC(=O)C(Cc1ccccc1)NC(=O)C(N)CCC(=O)O)C(=O)O. The molecule has 12 heteroatoms. The number of hydrogen-bond donors (Lipinski definition) is 6. The van der Waals surface area contributed by atoms with Crippen LogP contribution in [0.3, 0.4) is 0 Å². The van der Waals surface area contributed by atoms with Gasteiger partial charge >= 0.3 is 11.9 Å². The summed E-state index contributed by atoms with van der Waals surface area (Å²) in [7, 11) is 0. The second-order valence-corrected chi connectivity index (χ2v) is 8.69. The van der Waals surface area contributed by atoms with Crippen LogP contribution in [0, 0.1) is 0 Å². The maximum Gasteiger partial charge on any atom is 0.326 e. The van der Waals surface area contributed by atoms with Gasteiger partial charge in [-0.1, -0.05) is 30.3 Å². The van der Waals surface area contributed by atoms with E-state index in [1.165, 1.54) is 18.7 Å². The molecule has 0 aliphatic rings. The molecule has 1 aromatic carbocycles. The molecule has 0 radical (unpaired) electrons. The van der Waals surface area contributed by atoms with Crippen LogP contribution in [-0.4, -0.2) is 76.0 Å². The minimum atomic E-state index is -1.18. The van der Waals surface area contributed by atoms with Gasteiger partial charge in [-0.2, -0.15) is 11.8 Å². The van der Waals surface area contributed by atoms with Crippen molar-refractivity contribution in [2.45, 2.75) is 56.8 Å². The van der Waals surface area contributed by atoms with Gasteiger partial charge in [-0.05, 0) is 37.3 Å². The number of carbonyl (C=O) groups is 5. The number of carboxylic acids is 2. The van der Waals surface area contributed by atoms with Gasteiger partial charge in [-0.15, -0.1) is 0 Å². The first-order valence-corrected chi connectivity index (χ1v) is 12.1. The molecule has 34 heavy (non-hydrogen) atoms. The maximum absolute atomic E-state index is 12.9. The third kappa shape index (κ3) is 10.7. The molecule has 7 N–H and O–H groups in total. The topological polar surface area (TPSA) is 188 Å². The number of hydrogen-bond acceptors (Lipinski definition) is 7. The van der Waals surface area contributed by atoms with Crippen LogP contribution >= 0.6 is 11.8 Å². The number of aliphatic carboxylic acids is 2. The summed E-state index contributed by atoms with van der Waals surface area (Å²) < 4.78 is 0. The fraction of sp³-hybridized carbons (Fsp3) is 0.500. The number of thioether (sulfide) groups is 1. The zero-order chi connectivity index (χ0) is 25.7. The van der Waals surface area contributed by atoms with Crippen molar-refractivity contribution < 1.29 is 34.2 Å². The Morgan fingerprint density at radius 3 is 2.09 bits per heavy atom. The number of nitrogens with one attached hydrogen (secondary N) is 3. The van der Waals surface area contributed by atoms with Crippen molar-refractivity contribution >= 4 is 41.4 Å². The number of nitrogens with two attached hydrogens (primary N) is 1. The smallest absolute Gasteiger partial charge is 0.326 e. The molecule has 3 amide bonds. The van der Waals surface area contributed by atoms with E-state index < -0.39 is 53.8 Å². The molecule has 0 saturated heterocycles. The van der Waals surface area contributed by atoms with Gasteiger partial charge in [0, 0.05) is 12.8 Å². The fourth-order valence-electron chi connectivity index (χ4n) is 2.92. The van der Waals surface area contributed by atoms with Gasteiger partial charge in [-0.25, -0.2) is 4.79 Å². The number of carboxylic acid groups (broad SMARTS) is 2. The molecule has 1 rings (SSSR count). The molecule has 0 saturated carbocycles. The Balaban J connectivity index is 2.87. The standard InChI is InChI=1S/C22H32N4O7S/c1-13(19(29)25-16(22(32)33)10-11-34-2)24-21(31)17(12-14-6-4-3-5-7-14)26-20(30)15(23)8-9-18(27)28/h3-7,13,15-17H,8-12,23H2,1-2H3,(H,24,31)(H,25,29)(H,26,30)(H,27,28)(H,32,33). The Bertz CT molecular complexity index is 853. The Labute approximate surface area is 202 Å². The van der Waals surface area contributed by atoms with Crippen LogP contribution in [0.2, 0.25) is 0 Å². The van der Waals surface area contributed by atoms with Crippen molar-refractivity contribution in [3.05, 3.63) is 35.9 Å². The first-order chi connectivity index (χ1) is 16.0. The molecular weight excluding hydrogens is 464 g/mol. The average Bonchev–Trinajstić information content (AvgIpc) is 2.79. The zero-order valence-corrected chi connectivity index (χ0v) is 20.0. The van der Waals surface area contributed by atoms with Crippen LogP contribution in [0.25, 0.3) is 0 Å². The van der Waals surface area contributed by atoms with Gasteiger partial charge in [0.05, 0.1) is 6.04 Å². The molecule has 11 nitrogen and oxygen atoms in total. The van der Waals surface area contributed by atoms with Gasteiger partial charge in [0.25, 0.3) is 0 Å². The summed E-state index contributed by atoms with van der Waals surface area (Å²) in [5.41, 5.74) is 6.49. The first-order valence-electron chi connectivity index (χ1n) is 10.7. The molecule has 0 aromatic heterocycles. The number of benzene rings is 1. The van der Waals surface area contributed by atoms with Crippen LogP contribution in [0.4, 0.5) is 0 Å². The lowest BCUT2D eigenvalue weighted by Gasteiger charge is -2.23. The quantitative estimate of drug-likeness (QED) is 0.190. The molecule has 4 unspecified atom stereocenters. The normalized spacial score (nSPS) is 14.2. The largest absolute Gasteiger partial charge is 0.481 e. The molecule has 1 aromatic rings. The van der Waals surface area contributed by atoms with E-state index in [9.17, 15) is 29.1 Å². The highest BCUT2D eigenvalue weighted by molar-refractivity contribution is 7.98. The van der Waals surface area contributed by atoms with Crippen LogP contribution in [0.1, 0.15) is 31.7 Å². The first kappa shape index (κ1) is 28.9. The van der Waals surface area contributed by atoms with Crippen LogP contribution in [0.5, 0.6) is 0 Å². The van der Waals surface area contributed by atoms with Gasteiger partial charge in [0.15, 0.2) is 0 Å². The van der Waals surface area contributed by atoms with E-state index in [-0.39, 0.29) is 25.7 Å². The number of rotatable bonds is 15. The lowest BCUT2D eigenvalue weighted by atomic mass is 10.0. The van der Waals surface area contributed by atoms with Crippen LogP contribution in [0.15, 0.2) is 30.3 Å². The van der Waals surface area contributed by atoms with E-state index in [2.05, 4.69) is 16.0 Å². The van der Waals surface area contributed by atoms with E-state index in [0.717, 1.165) is 5.56 Å². The molecule has 0 bridgehead atoms. The van der Waals surface area contributed by atoms with E-state index >= 15 is 0 Å². The Kier molecular flexibility index (Phi) is 12.7. The second kappa shape index (κ2) is 14.9. The Morgan fingerprint density at radius 1 is 0.912 bits per heavy atom. The van der Waals surface area contributed by atoms with Crippen molar-refractivity contribution in [1.29, 1.82) is 0 Å². The lowest BCUT2D eigenvalue weighted by molar-refractivity contribution is -0.142. The Hall–Kier alpha value is -3.12. The van der Waals surface area contributed by atoms with E-state index in [0.29, 0.717) is 5.75 Å². The second-order valence-electron chi connectivity index (χ2n) is 7.70. The highest BCUT2D eigenvalue weighted by Gasteiger charge is 2.28. The summed E-state index contributed by atoms with van der Waals surface area (Å²) in [6.07, 6.45) is 1.74. The third-order valence-corrected chi connectivity index (χ3v) is 5.54. The third-order valence-electron chi connectivity index (χ3n) is 4.90.